The van der Waals surface area contributed by atoms with Crippen molar-refractivity contribution in [3.8, 4) is 11.5 Å². The first kappa shape index (κ1) is 22.3. The Bertz CT molecular complexity index is 868. The third-order valence-corrected chi connectivity index (χ3v) is 5.03. The Labute approximate surface area is 172 Å². The second-order valence-corrected chi connectivity index (χ2v) is 7.26. The lowest BCUT2D eigenvalue weighted by atomic mass is 9.90. The molecule has 156 valence electrons. The third-order valence-electron chi connectivity index (χ3n) is 5.03. The highest BCUT2D eigenvalue weighted by Gasteiger charge is 2.37. The minimum atomic E-state index is -1.29. The van der Waals surface area contributed by atoms with E-state index in [2.05, 4.69) is 10.6 Å². The Morgan fingerprint density at radius 2 is 1.48 bits per heavy atom. The van der Waals surface area contributed by atoms with Crippen molar-refractivity contribution in [2.24, 2.45) is 5.41 Å². The number of hydrogen-bond donors (Lipinski definition) is 2. The van der Waals surface area contributed by atoms with Gasteiger partial charge in [-0.15, -0.1) is 0 Å². The molecule has 0 atom stereocenters. The first-order chi connectivity index (χ1) is 13.8. The van der Waals surface area contributed by atoms with Crippen molar-refractivity contribution in [2.75, 3.05) is 24.9 Å². The lowest BCUT2D eigenvalue weighted by Crippen LogP contribution is -2.42. The number of hydrogen-bond acceptors (Lipinski definition) is 4. The van der Waals surface area contributed by atoms with Crippen LogP contribution in [-0.4, -0.2) is 26.0 Å². The van der Waals surface area contributed by atoms with Gasteiger partial charge in [-0.3, -0.25) is 9.59 Å². The lowest BCUT2D eigenvalue weighted by molar-refractivity contribution is -0.135. The summed E-state index contributed by atoms with van der Waals surface area (Å²) >= 11 is 0. The van der Waals surface area contributed by atoms with E-state index < -0.39 is 11.3 Å². The average molecular weight is 399 g/mol. The smallest absolute Gasteiger partial charge is 0.239 e. The highest BCUT2D eigenvalue weighted by molar-refractivity contribution is 6.14. The number of carbonyl (C=O) groups excluding carboxylic acids is 2. The van der Waals surface area contributed by atoms with Crippen LogP contribution in [0.2, 0.25) is 0 Å². The molecular weight excluding hydrogens is 368 g/mol. The molecule has 0 unspecified atom stereocenters. The Balaban J connectivity index is 2.24. The molecule has 0 spiro atoms. The van der Waals surface area contributed by atoms with E-state index in [4.69, 9.17) is 9.47 Å². The van der Waals surface area contributed by atoms with Crippen molar-refractivity contribution >= 4 is 23.2 Å². The molecule has 2 N–H and O–H groups in total. The van der Waals surface area contributed by atoms with E-state index >= 15 is 0 Å². The van der Waals surface area contributed by atoms with Crippen LogP contribution in [0.25, 0.3) is 0 Å². The molecule has 0 saturated heterocycles. The highest BCUT2D eigenvalue weighted by atomic mass is 16.5. The zero-order valence-corrected chi connectivity index (χ0v) is 18.0. The molecule has 29 heavy (non-hydrogen) atoms. The van der Waals surface area contributed by atoms with Crippen molar-refractivity contribution in [1.82, 2.24) is 0 Å². The molecule has 6 heteroatoms. The molecule has 2 aromatic rings. The number of benzene rings is 2. The van der Waals surface area contributed by atoms with Crippen molar-refractivity contribution in [1.29, 1.82) is 0 Å². The first-order valence-corrected chi connectivity index (χ1v) is 9.74. The van der Waals surface area contributed by atoms with Crippen LogP contribution in [0.4, 0.5) is 11.4 Å². The Morgan fingerprint density at radius 3 is 2.00 bits per heavy atom. The van der Waals surface area contributed by atoms with E-state index in [1.807, 2.05) is 32.0 Å². The van der Waals surface area contributed by atoms with Gasteiger partial charge in [0, 0.05) is 11.8 Å². The fourth-order valence-corrected chi connectivity index (χ4v) is 2.96. The summed E-state index contributed by atoms with van der Waals surface area (Å²) in [4.78, 5) is 26.0. The zero-order chi connectivity index (χ0) is 21.6. The summed E-state index contributed by atoms with van der Waals surface area (Å²) in [5.41, 5.74) is 2.07. The van der Waals surface area contributed by atoms with Gasteiger partial charge in [0.1, 0.15) is 16.9 Å². The second kappa shape index (κ2) is 9.45. The van der Waals surface area contributed by atoms with Gasteiger partial charge in [-0.05, 0) is 49.9 Å². The number of carbonyl (C=O) groups is 2. The molecule has 0 aliphatic rings. The van der Waals surface area contributed by atoms with Crippen LogP contribution in [0.15, 0.2) is 36.4 Å². The number of aryl methyl sites for hydroxylation is 2. The third kappa shape index (κ3) is 4.88. The summed E-state index contributed by atoms with van der Waals surface area (Å²) in [5, 5.41) is 5.78. The van der Waals surface area contributed by atoms with Gasteiger partial charge < -0.3 is 20.1 Å². The normalized spacial score (nSPS) is 11.0. The maximum atomic E-state index is 13.0. The van der Waals surface area contributed by atoms with Gasteiger partial charge in [0.15, 0.2) is 0 Å². The minimum Gasteiger partial charge on any atom is -0.497 e. The number of nitrogens with one attached hydrogen (secondary N) is 2. The van der Waals surface area contributed by atoms with E-state index in [1.165, 1.54) is 7.11 Å². The summed E-state index contributed by atoms with van der Waals surface area (Å²) in [6, 6.07) is 11.0. The molecular formula is C23H30N2O4. The maximum Gasteiger partial charge on any atom is 0.239 e. The fraction of sp³-hybridized carbons (Fsp3) is 0.391. The monoisotopic (exact) mass is 398 g/mol. The van der Waals surface area contributed by atoms with E-state index in [-0.39, 0.29) is 5.91 Å². The summed E-state index contributed by atoms with van der Waals surface area (Å²) in [6.45, 7) is 7.29. The molecule has 0 aliphatic carbocycles. The summed E-state index contributed by atoms with van der Waals surface area (Å²) in [5.74, 6) is 0.280. The first-order valence-electron chi connectivity index (χ1n) is 9.74. The van der Waals surface area contributed by atoms with Crippen molar-refractivity contribution in [3.05, 3.63) is 47.5 Å². The van der Waals surface area contributed by atoms with E-state index in [0.29, 0.717) is 17.2 Å². The largest absolute Gasteiger partial charge is 0.497 e. The molecule has 0 heterocycles. The van der Waals surface area contributed by atoms with Gasteiger partial charge in [-0.2, -0.15) is 0 Å². The summed E-state index contributed by atoms with van der Waals surface area (Å²) < 4.78 is 10.5. The predicted molar refractivity (Wildman–Crippen MR) is 116 cm³/mol. The second-order valence-electron chi connectivity index (χ2n) is 7.26. The number of ether oxygens (including phenoxy) is 2. The summed E-state index contributed by atoms with van der Waals surface area (Å²) in [6.07, 6.45) is 1.58. The van der Waals surface area contributed by atoms with E-state index in [0.717, 1.165) is 29.7 Å². The predicted octanol–water partition coefficient (Wildman–Crippen LogP) is 4.43. The molecule has 0 aromatic heterocycles. The van der Waals surface area contributed by atoms with Crippen molar-refractivity contribution < 1.29 is 19.1 Å². The fourth-order valence-electron chi connectivity index (χ4n) is 2.96. The van der Waals surface area contributed by atoms with Crippen LogP contribution in [0.5, 0.6) is 11.5 Å². The van der Waals surface area contributed by atoms with Crippen LogP contribution in [0.1, 0.15) is 38.8 Å². The van der Waals surface area contributed by atoms with Gasteiger partial charge >= 0.3 is 0 Å². The molecule has 0 bridgehead atoms. The van der Waals surface area contributed by atoms with Gasteiger partial charge in [0.25, 0.3) is 0 Å². The van der Waals surface area contributed by atoms with E-state index in [1.54, 1.807) is 39.2 Å². The number of para-hydroxylation sites is 1. The number of methoxy groups -OCH3 is 2. The van der Waals surface area contributed by atoms with Crippen LogP contribution in [-0.2, 0) is 22.4 Å². The van der Waals surface area contributed by atoms with Gasteiger partial charge in [-0.25, -0.2) is 0 Å². The highest BCUT2D eigenvalue weighted by Crippen LogP contribution is 2.31. The molecule has 2 amide bonds. The van der Waals surface area contributed by atoms with Crippen molar-refractivity contribution in [3.63, 3.8) is 0 Å². The Kier molecular flexibility index (Phi) is 7.26. The molecule has 2 rings (SSSR count). The minimum absolute atomic E-state index is 0.363. The Hall–Kier alpha value is -3.02. The number of anilines is 2. The SMILES string of the molecule is CCc1cccc(CC)c1NC(=O)C(C)(C)C(=O)Nc1ccc(OC)cc1OC. The van der Waals surface area contributed by atoms with Crippen LogP contribution < -0.4 is 20.1 Å². The molecule has 6 nitrogen and oxygen atoms in total. The van der Waals surface area contributed by atoms with Gasteiger partial charge in [0.05, 0.1) is 19.9 Å². The van der Waals surface area contributed by atoms with Crippen LogP contribution in [0, 0.1) is 5.41 Å². The van der Waals surface area contributed by atoms with E-state index in [9.17, 15) is 9.59 Å². The summed E-state index contributed by atoms with van der Waals surface area (Å²) in [7, 11) is 3.06. The van der Waals surface area contributed by atoms with Crippen molar-refractivity contribution in [2.45, 2.75) is 40.5 Å². The zero-order valence-electron chi connectivity index (χ0n) is 18.0. The van der Waals surface area contributed by atoms with Crippen LogP contribution >= 0.6 is 0 Å². The lowest BCUT2D eigenvalue weighted by Gasteiger charge is -2.25. The quantitative estimate of drug-likeness (QED) is 0.645. The molecule has 0 aliphatic heterocycles. The molecule has 0 saturated carbocycles. The van der Waals surface area contributed by atoms with Gasteiger partial charge in [-0.1, -0.05) is 32.0 Å². The standard InChI is InChI=1S/C23H30N2O4/c1-7-15-10-9-11-16(8-2)20(15)25-22(27)23(3,4)21(26)24-18-13-12-17(28-5)14-19(18)29-6/h9-14H,7-8H2,1-6H3,(H,24,26)(H,25,27). The molecule has 2 aromatic carbocycles. The van der Waals surface area contributed by atoms with Gasteiger partial charge in [0.2, 0.25) is 11.8 Å². The average Bonchev–Trinajstić information content (AvgIpc) is 2.73. The molecule has 0 radical (unpaired) electrons. The molecule has 0 fully saturated rings. The topological polar surface area (TPSA) is 76.7 Å². The van der Waals surface area contributed by atoms with Crippen LogP contribution in [0.3, 0.4) is 0 Å². The maximum absolute atomic E-state index is 13.0. The number of amides is 2. The number of rotatable bonds is 8. The Morgan fingerprint density at radius 1 is 0.897 bits per heavy atom.